The van der Waals surface area contributed by atoms with Gasteiger partial charge in [-0.1, -0.05) is 34.6 Å². The van der Waals surface area contributed by atoms with Crippen molar-refractivity contribution in [1.82, 2.24) is 10.2 Å². The van der Waals surface area contributed by atoms with Crippen LogP contribution in [0.5, 0.6) is 0 Å². The zero-order chi connectivity index (χ0) is 13.3. The largest absolute Gasteiger partial charge is 0.315 e. The fourth-order valence-corrected chi connectivity index (χ4v) is 1.88. The molecule has 2 heteroatoms. The predicted molar refractivity (Wildman–Crippen MR) is 78.5 cm³/mol. The van der Waals surface area contributed by atoms with Gasteiger partial charge in [0.1, 0.15) is 0 Å². The first kappa shape index (κ1) is 16.9. The molecule has 1 atom stereocenters. The minimum Gasteiger partial charge on any atom is -0.315 e. The molecule has 0 saturated heterocycles. The molecule has 0 radical (unpaired) electrons. The first-order valence-corrected chi connectivity index (χ1v) is 7.42. The van der Waals surface area contributed by atoms with E-state index in [0.717, 1.165) is 24.9 Å². The zero-order valence-electron chi connectivity index (χ0n) is 12.9. The van der Waals surface area contributed by atoms with Crippen LogP contribution in [0, 0.1) is 11.8 Å². The van der Waals surface area contributed by atoms with E-state index in [2.05, 4.69) is 51.8 Å². The second kappa shape index (κ2) is 9.90. The quantitative estimate of drug-likeness (QED) is 0.632. The fraction of sp³-hybridized carbons (Fsp3) is 1.00. The van der Waals surface area contributed by atoms with E-state index in [1.807, 2.05) is 0 Å². The van der Waals surface area contributed by atoms with Crippen molar-refractivity contribution in [2.24, 2.45) is 11.8 Å². The van der Waals surface area contributed by atoms with Gasteiger partial charge in [-0.2, -0.15) is 0 Å². The maximum Gasteiger partial charge on any atom is 0.0192 e. The number of nitrogens with zero attached hydrogens (tertiary/aromatic N) is 1. The van der Waals surface area contributed by atoms with E-state index in [-0.39, 0.29) is 0 Å². The molecule has 0 aromatic heterocycles. The van der Waals surface area contributed by atoms with Gasteiger partial charge in [0.2, 0.25) is 0 Å². The molecule has 0 aromatic carbocycles. The Labute approximate surface area is 109 Å². The molecule has 0 amide bonds. The summed E-state index contributed by atoms with van der Waals surface area (Å²) in [5.41, 5.74) is 0. The van der Waals surface area contributed by atoms with Gasteiger partial charge in [-0.3, -0.25) is 4.90 Å². The molecule has 0 spiro atoms. The first-order chi connectivity index (χ1) is 7.97. The summed E-state index contributed by atoms with van der Waals surface area (Å²) in [6, 6.07) is 0.660. The highest BCUT2D eigenvalue weighted by Gasteiger charge is 2.13. The minimum absolute atomic E-state index is 0.660. The van der Waals surface area contributed by atoms with Crippen LogP contribution >= 0.6 is 0 Å². The third-order valence-corrected chi connectivity index (χ3v) is 3.30. The van der Waals surface area contributed by atoms with Crippen LogP contribution in [0.1, 0.15) is 54.4 Å². The van der Waals surface area contributed by atoms with Crippen LogP contribution in [0.15, 0.2) is 0 Å². The number of likely N-dealkylation sites (N-methyl/N-ethyl adjacent to an activating group) is 1. The van der Waals surface area contributed by atoms with Crippen LogP contribution in [0.25, 0.3) is 0 Å². The van der Waals surface area contributed by atoms with Crippen LogP contribution in [0.2, 0.25) is 0 Å². The Kier molecular flexibility index (Phi) is 9.85. The van der Waals surface area contributed by atoms with Gasteiger partial charge in [0.15, 0.2) is 0 Å². The lowest BCUT2D eigenvalue weighted by Gasteiger charge is -2.30. The standard InChI is InChI=1S/C15H34N2/c1-7-16-12-15(6)17(10-8-13(2)3)11-9-14(4)5/h13-16H,7-12H2,1-6H3. The lowest BCUT2D eigenvalue weighted by atomic mass is 10.1. The van der Waals surface area contributed by atoms with E-state index < -0.39 is 0 Å². The molecule has 0 saturated carbocycles. The van der Waals surface area contributed by atoms with Crippen molar-refractivity contribution in [3.8, 4) is 0 Å². The molecule has 104 valence electrons. The number of rotatable bonds is 10. The summed E-state index contributed by atoms with van der Waals surface area (Å²) in [5, 5.41) is 3.46. The van der Waals surface area contributed by atoms with Crippen molar-refractivity contribution in [2.45, 2.75) is 60.4 Å². The second-order valence-electron chi connectivity index (χ2n) is 6.06. The third-order valence-electron chi connectivity index (χ3n) is 3.30. The van der Waals surface area contributed by atoms with Gasteiger partial charge in [-0.25, -0.2) is 0 Å². The molecular formula is C15H34N2. The van der Waals surface area contributed by atoms with E-state index in [0.29, 0.717) is 6.04 Å². The molecule has 1 N–H and O–H groups in total. The smallest absolute Gasteiger partial charge is 0.0192 e. The average molecular weight is 242 g/mol. The van der Waals surface area contributed by atoms with E-state index in [1.54, 1.807) is 0 Å². The molecule has 0 fully saturated rings. The maximum absolute atomic E-state index is 3.46. The topological polar surface area (TPSA) is 15.3 Å². The van der Waals surface area contributed by atoms with Crippen molar-refractivity contribution in [3.05, 3.63) is 0 Å². The van der Waals surface area contributed by atoms with Gasteiger partial charge in [-0.05, 0) is 51.2 Å². The Morgan fingerprint density at radius 3 is 1.71 bits per heavy atom. The Morgan fingerprint density at radius 1 is 0.882 bits per heavy atom. The number of hydrogen-bond acceptors (Lipinski definition) is 2. The highest BCUT2D eigenvalue weighted by molar-refractivity contribution is 4.70. The van der Waals surface area contributed by atoms with Gasteiger partial charge >= 0.3 is 0 Å². The fourth-order valence-electron chi connectivity index (χ4n) is 1.88. The second-order valence-corrected chi connectivity index (χ2v) is 6.06. The molecular weight excluding hydrogens is 208 g/mol. The Hall–Kier alpha value is -0.0800. The lowest BCUT2D eigenvalue weighted by Crippen LogP contribution is -2.42. The summed E-state index contributed by atoms with van der Waals surface area (Å²) in [6.07, 6.45) is 2.63. The molecule has 0 bridgehead atoms. The Balaban J connectivity index is 4.07. The van der Waals surface area contributed by atoms with Crippen molar-refractivity contribution in [3.63, 3.8) is 0 Å². The molecule has 17 heavy (non-hydrogen) atoms. The van der Waals surface area contributed by atoms with Gasteiger partial charge in [0.05, 0.1) is 0 Å². The molecule has 1 unspecified atom stereocenters. The number of nitrogens with one attached hydrogen (secondary N) is 1. The Morgan fingerprint density at radius 2 is 1.35 bits per heavy atom. The molecule has 0 rings (SSSR count). The average Bonchev–Trinajstić information content (AvgIpc) is 2.25. The zero-order valence-corrected chi connectivity index (χ0v) is 12.9. The van der Waals surface area contributed by atoms with Crippen LogP contribution in [-0.4, -0.2) is 37.1 Å². The molecule has 0 aliphatic carbocycles. The number of hydrogen-bond donors (Lipinski definition) is 1. The maximum atomic E-state index is 3.46. The van der Waals surface area contributed by atoms with Crippen LogP contribution < -0.4 is 5.32 Å². The summed E-state index contributed by atoms with van der Waals surface area (Å²) in [6.45, 7) is 18.5. The van der Waals surface area contributed by atoms with Crippen LogP contribution in [-0.2, 0) is 0 Å². The summed E-state index contributed by atoms with van der Waals surface area (Å²) in [5.74, 6) is 1.62. The molecule has 0 heterocycles. The lowest BCUT2D eigenvalue weighted by molar-refractivity contribution is 0.184. The molecule has 0 aliphatic rings. The molecule has 0 aromatic rings. The monoisotopic (exact) mass is 242 g/mol. The predicted octanol–water partition coefficient (Wildman–Crippen LogP) is 3.38. The van der Waals surface area contributed by atoms with Crippen molar-refractivity contribution in [2.75, 3.05) is 26.2 Å². The van der Waals surface area contributed by atoms with Crippen LogP contribution in [0.4, 0.5) is 0 Å². The van der Waals surface area contributed by atoms with Crippen molar-refractivity contribution >= 4 is 0 Å². The van der Waals surface area contributed by atoms with Gasteiger partial charge in [0, 0.05) is 12.6 Å². The van der Waals surface area contributed by atoms with Gasteiger partial charge < -0.3 is 5.32 Å². The summed E-state index contributed by atoms with van der Waals surface area (Å²) in [7, 11) is 0. The normalized spacial score (nSPS) is 13.9. The third kappa shape index (κ3) is 9.61. The first-order valence-electron chi connectivity index (χ1n) is 7.42. The summed E-state index contributed by atoms with van der Waals surface area (Å²) in [4.78, 5) is 2.66. The van der Waals surface area contributed by atoms with Gasteiger partial charge in [0.25, 0.3) is 0 Å². The minimum atomic E-state index is 0.660. The SMILES string of the molecule is CCNCC(C)N(CCC(C)C)CCC(C)C. The van der Waals surface area contributed by atoms with Crippen molar-refractivity contribution < 1.29 is 0 Å². The van der Waals surface area contributed by atoms with Gasteiger partial charge in [-0.15, -0.1) is 0 Å². The van der Waals surface area contributed by atoms with Crippen LogP contribution in [0.3, 0.4) is 0 Å². The van der Waals surface area contributed by atoms with E-state index in [9.17, 15) is 0 Å². The van der Waals surface area contributed by atoms with E-state index in [4.69, 9.17) is 0 Å². The summed E-state index contributed by atoms with van der Waals surface area (Å²) < 4.78 is 0. The molecule has 0 aliphatic heterocycles. The highest BCUT2D eigenvalue weighted by Crippen LogP contribution is 2.09. The van der Waals surface area contributed by atoms with E-state index >= 15 is 0 Å². The Bertz CT molecular complexity index is 154. The van der Waals surface area contributed by atoms with Crippen molar-refractivity contribution in [1.29, 1.82) is 0 Å². The molecule has 2 nitrogen and oxygen atoms in total. The highest BCUT2D eigenvalue weighted by atomic mass is 15.2. The summed E-state index contributed by atoms with van der Waals surface area (Å²) >= 11 is 0. The van der Waals surface area contributed by atoms with E-state index in [1.165, 1.54) is 25.9 Å².